The fourth-order valence-electron chi connectivity index (χ4n) is 2.57. The molecule has 0 aliphatic carbocycles. The number of nitrogens with one attached hydrogen (secondary N) is 2. The van der Waals surface area contributed by atoms with Gasteiger partial charge in [-0.3, -0.25) is 0 Å². The van der Waals surface area contributed by atoms with Crippen LogP contribution < -0.4 is 10.6 Å². The Labute approximate surface area is 135 Å². The lowest BCUT2D eigenvalue weighted by Crippen LogP contribution is -2.22. The number of anilines is 2. The fourth-order valence-corrected chi connectivity index (χ4v) is 4.24. The summed E-state index contributed by atoms with van der Waals surface area (Å²) in [5.74, 6) is 1.30. The highest BCUT2D eigenvalue weighted by Gasteiger charge is 2.28. The third-order valence-electron chi connectivity index (χ3n) is 3.79. The Hall–Kier alpha value is -2.22. The molecule has 1 fully saturated rings. The quantitative estimate of drug-likeness (QED) is 0.858. The lowest BCUT2D eigenvalue weighted by atomic mass is 10.1. The zero-order valence-corrected chi connectivity index (χ0v) is 13.6. The molecule has 2 atom stereocenters. The summed E-state index contributed by atoms with van der Waals surface area (Å²) in [7, 11) is -2.92. The molecule has 23 heavy (non-hydrogen) atoms. The number of hydrogen-bond donors (Lipinski definition) is 2. The maximum absolute atomic E-state index is 11.5. The predicted octanol–water partition coefficient (Wildman–Crippen LogP) is 1.64. The standard InChI is InChI=1S/C15H19N5O2S/c1-11(12-5-3-2-4-6-12)17-15-19-14(9-16-20-15)18-13-7-8-23(21,22)10-13/h2-6,9,11,13H,7-8,10H2,1H3,(H2,17,18,19,20). The van der Waals surface area contributed by atoms with E-state index < -0.39 is 9.84 Å². The average Bonchev–Trinajstić information content (AvgIpc) is 2.87. The molecule has 0 radical (unpaired) electrons. The maximum atomic E-state index is 11.5. The Morgan fingerprint density at radius 1 is 1.26 bits per heavy atom. The topological polar surface area (TPSA) is 96.9 Å². The van der Waals surface area contributed by atoms with Crippen LogP contribution in [0.5, 0.6) is 0 Å². The van der Waals surface area contributed by atoms with Crippen LogP contribution in [-0.2, 0) is 9.84 Å². The second-order valence-electron chi connectivity index (χ2n) is 5.69. The number of rotatable bonds is 5. The number of hydrogen-bond acceptors (Lipinski definition) is 7. The van der Waals surface area contributed by atoms with Gasteiger partial charge in [0.25, 0.3) is 0 Å². The van der Waals surface area contributed by atoms with Crippen LogP contribution in [-0.4, -0.2) is 41.1 Å². The summed E-state index contributed by atoms with van der Waals surface area (Å²) in [6.45, 7) is 2.02. The molecule has 122 valence electrons. The minimum atomic E-state index is -2.92. The Balaban J connectivity index is 1.66. The monoisotopic (exact) mass is 333 g/mol. The van der Waals surface area contributed by atoms with Crippen LogP contribution >= 0.6 is 0 Å². The first kappa shape index (κ1) is 15.7. The molecule has 0 amide bonds. The molecule has 0 saturated carbocycles. The van der Waals surface area contributed by atoms with E-state index in [4.69, 9.17) is 0 Å². The molecule has 1 aliphatic heterocycles. The van der Waals surface area contributed by atoms with Gasteiger partial charge in [-0.15, -0.1) is 5.10 Å². The van der Waals surface area contributed by atoms with E-state index in [1.54, 1.807) is 0 Å². The van der Waals surface area contributed by atoms with Crippen molar-refractivity contribution in [1.82, 2.24) is 15.2 Å². The van der Waals surface area contributed by atoms with Crippen LogP contribution in [0.4, 0.5) is 11.8 Å². The zero-order chi connectivity index (χ0) is 16.3. The molecule has 1 aromatic heterocycles. The third-order valence-corrected chi connectivity index (χ3v) is 5.56. The first-order valence-corrected chi connectivity index (χ1v) is 9.32. The van der Waals surface area contributed by atoms with E-state index in [-0.39, 0.29) is 23.6 Å². The van der Waals surface area contributed by atoms with Crippen molar-refractivity contribution in [2.24, 2.45) is 0 Å². The van der Waals surface area contributed by atoms with Crippen molar-refractivity contribution in [2.45, 2.75) is 25.4 Å². The molecule has 0 bridgehead atoms. The number of nitrogens with zero attached hydrogens (tertiary/aromatic N) is 3. The summed E-state index contributed by atoms with van der Waals surface area (Å²) < 4.78 is 23.0. The molecular weight excluding hydrogens is 314 g/mol. The third kappa shape index (κ3) is 4.16. The molecule has 1 aromatic carbocycles. The molecular formula is C15H19N5O2S. The van der Waals surface area contributed by atoms with Gasteiger partial charge in [0.05, 0.1) is 23.7 Å². The molecule has 8 heteroatoms. The van der Waals surface area contributed by atoms with Crippen LogP contribution in [0.3, 0.4) is 0 Å². The molecule has 7 nitrogen and oxygen atoms in total. The molecule has 3 rings (SSSR count). The lowest BCUT2D eigenvalue weighted by molar-refractivity contribution is 0.602. The molecule has 2 heterocycles. The summed E-state index contributed by atoms with van der Waals surface area (Å²) in [6.07, 6.45) is 2.10. The predicted molar refractivity (Wildman–Crippen MR) is 89.0 cm³/mol. The fraction of sp³-hybridized carbons (Fsp3) is 0.400. The lowest BCUT2D eigenvalue weighted by Gasteiger charge is -2.15. The largest absolute Gasteiger partial charge is 0.365 e. The Bertz CT molecular complexity index is 766. The SMILES string of the molecule is CC(Nc1nncc(NC2CCS(=O)(=O)C2)n1)c1ccccc1. The molecule has 2 N–H and O–H groups in total. The van der Waals surface area contributed by atoms with E-state index in [0.717, 1.165) is 5.56 Å². The summed E-state index contributed by atoms with van der Waals surface area (Å²) in [5, 5.41) is 14.2. The van der Waals surface area contributed by atoms with Gasteiger partial charge in [0, 0.05) is 6.04 Å². The minimum absolute atomic E-state index is 0.0418. The Morgan fingerprint density at radius 2 is 2.04 bits per heavy atom. The highest BCUT2D eigenvalue weighted by Crippen LogP contribution is 2.18. The highest BCUT2D eigenvalue weighted by atomic mass is 32.2. The van der Waals surface area contributed by atoms with Crippen molar-refractivity contribution in [3.05, 3.63) is 42.1 Å². The van der Waals surface area contributed by atoms with E-state index in [1.807, 2.05) is 37.3 Å². The number of benzene rings is 1. The second kappa shape index (κ2) is 6.49. The van der Waals surface area contributed by atoms with Crippen molar-refractivity contribution in [3.8, 4) is 0 Å². The van der Waals surface area contributed by atoms with Gasteiger partial charge in [0.1, 0.15) is 0 Å². The van der Waals surface area contributed by atoms with Crippen LogP contribution in [0.15, 0.2) is 36.5 Å². The maximum Gasteiger partial charge on any atom is 0.245 e. The first-order valence-electron chi connectivity index (χ1n) is 7.50. The number of sulfone groups is 1. The van der Waals surface area contributed by atoms with E-state index in [1.165, 1.54) is 6.20 Å². The van der Waals surface area contributed by atoms with Crippen LogP contribution in [0, 0.1) is 0 Å². The average molecular weight is 333 g/mol. The van der Waals surface area contributed by atoms with Gasteiger partial charge in [0.2, 0.25) is 5.95 Å². The van der Waals surface area contributed by atoms with Gasteiger partial charge in [-0.25, -0.2) is 8.42 Å². The van der Waals surface area contributed by atoms with E-state index in [9.17, 15) is 8.42 Å². The van der Waals surface area contributed by atoms with Crippen molar-refractivity contribution in [2.75, 3.05) is 22.1 Å². The summed E-state index contributed by atoms with van der Waals surface area (Å²) >= 11 is 0. The van der Waals surface area contributed by atoms with Crippen molar-refractivity contribution in [1.29, 1.82) is 0 Å². The zero-order valence-electron chi connectivity index (χ0n) is 12.8. The summed E-state index contributed by atoms with van der Waals surface area (Å²) in [6, 6.07) is 9.90. The van der Waals surface area contributed by atoms with Crippen molar-refractivity contribution < 1.29 is 8.42 Å². The van der Waals surface area contributed by atoms with Crippen molar-refractivity contribution >= 4 is 21.6 Å². The molecule has 0 spiro atoms. The Kier molecular flexibility index (Phi) is 4.42. The molecule has 2 unspecified atom stereocenters. The smallest absolute Gasteiger partial charge is 0.245 e. The molecule has 1 saturated heterocycles. The van der Waals surface area contributed by atoms with Crippen LogP contribution in [0.25, 0.3) is 0 Å². The van der Waals surface area contributed by atoms with Gasteiger partial charge in [0.15, 0.2) is 15.7 Å². The van der Waals surface area contributed by atoms with Gasteiger partial charge < -0.3 is 10.6 Å². The molecule has 1 aliphatic rings. The van der Waals surface area contributed by atoms with Crippen LogP contribution in [0.1, 0.15) is 24.9 Å². The normalized spacial score (nSPS) is 20.8. The minimum Gasteiger partial charge on any atom is -0.365 e. The van der Waals surface area contributed by atoms with E-state index in [2.05, 4.69) is 25.8 Å². The van der Waals surface area contributed by atoms with Gasteiger partial charge in [-0.05, 0) is 18.9 Å². The Morgan fingerprint density at radius 3 is 2.74 bits per heavy atom. The summed E-state index contributed by atoms with van der Waals surface area (Å²) in [5.41, 5.74) is 1.12. The molecule has 2 aromatic rings. The second-order valence-corrected chi connectivity index (χ2v) is 7.91. The van der Waals surface area contributed by atoms with Gasteiger partial charge in [-0.1, -0.05) is 30.3 Å². The highest BCUT2D eigenvalue weighted by molar-refractivity contribution is 7.91. The first-order chi connectivity index (χ1) is 11.0. The van der Waals surface area contributed by atoms with Crippen molar-refractivity contribution in [3.63, 3.8) is 0 Å². The number of aromatic nitrogens is 3. The van der Waals surface area contributed by atoms with Gasteiger partial charge in [-0.2, -0.15) is 10.1 Å². The van der Waals surface area contributed by atoms with Gasteiger partial charge >= 0.3 is 0 Å². The van der Waals surface area contributed by atoms with Crippen LogP contribution in [0.2, 0.25) is 0 Å². The van der Waals surface area contributed by atoms with E-state index in [0.29, 0.717) is 18.2 Å². The van der Waals surface area contributed by atoms with E-state index >= 15 is 0 Å². The summed E-state index contributed by atoms with van der Waals surface area (Å²) in [4.78, 5) is 4.36.